The van der Waals surface area contributed by atoms with Gasteiger partial charge in [-0.2, -0.15) is 0 Å². The molecular weight excluding hydrogens is 978 g/mol. The summed E-state index contributed by atoms with van der Waals surface area (Å²) in [7, 11) is 0. The molecule has 0 amide bonds. The Morgan fingerprint density at radius 3 is 1.08 bits per heavy atom. The third kappa shape index (κ3) is 19.0. The van der Waals surface area contributed by atoms with Crippen LogP contribution in [0.2, 0.25) is 20.1 Å². The number of allylic oxidation sites excluding steroid dienone is 3. The summed E-state index contributed by atoms with van der Waals surface area (Å²) in [5.74, 6) is -0.891. The molecular formula is C63H50Cl4O5. The quantitative estimate of drug-likeness (QED) is 0.0490. The van der Waals surface area contributed by atoms with E-state index in [2.05, 4.69) is 6.58 Å². The molecule has 2 N–H and O–H groups in total. The van der Waals surface area contributed by atoms with Crippen molar-refractivity contribution in [3.8, 4) is 0 Å². The Bertz CT molecular complexity index is 3080. The summed E-state index contributed by atoms with van der Waals surface area (Å²) >= 11 is 23.3. The van der Waals surface area contributed by atoms with Crippen LogP contribution in [0.4, 0.5) is 0 Å². The largest absolute Gasteiger partial charge is 0.478 e. The topological polar surface area (TPSA) is 91.7 Å². The van der Waals surface area contributed by atoms with Crippen LogP contribution in [0.25, 0.3) is 46.6 Å². The van der Waals surface area contributed by atoms with Crippen molar-refractivity contribution >= 4 is 111 Å². The van der Waals surface area contributed by atoms with Gasteiger partial charge in [-0.25, -0.2) is 4.79 Å². The van der Waals surface area contributed by atoms with Crippen LogP contribution in [-0.4, -0.2) is 34.9 Å². The van der Waals surface area contributed by atoms with Crippen LogP contribution < -0.4 is 0 Å². The van der Waals surface area contributed by atoms with E-state index < -0.39 is 5.97 Å². The van der Waals surface area contributed by atoms with Gasteiger partial charge in [0.2, 0.25) is 0 Å². The summed E-state index contributed by atoms with van der Waals surface area (Å²) in [6.45, 7) is 3.65. The van der Waals surface area contributed by atoms with Gasteiger partial charge >= 0.3 is 5.97 Å². The Hall–Kier alpha value is -7.61. The zero-order chi connectivity index (χ0) is 51.5. The van der Waals surface area contributed by atoms with Crippen LogP contribution in [-0.2, 0) is 14.4 Å². The van der Waals surface area contributed by atoms with Gasteiger partial charge in [0.15, 0.2) is 12.1 Å². The normalized spacial score (nSPS) is 11.3. The maximum Gasteiger partial charge on any atom is 0.336 e. The third-order valence-corrected chi connectivity index (χ3v) is 11.4. The van der Waals surface area contributed by atoms with Gasteiger partial charge < -0.3 is 10.2 Å². The number of benzene rings is 8. The van der Waals surface area contributed by atoms with E-state index in [1.165, 1.54) is 0 Å². The lowest BCUT2D eigenvalue weighted by molar-refractivity contribution is -0.130. The highest BCUT2D eigenvalue weighted by atomic mass is 35.5. The Balaban J connectivity index is 0.000000179. The smallest absolute Gasteiger partial charge is 0.336 e. The minimum atomic E-state index is -0.948. The zero-order valence-corrected chi connectivity index (χ0v) is 42.0. The van der Waals surface area contributed by atoms with Crippen molar-refractivity contribution in [3.63, 3.8) is 0 Å². The van der Waals surface area contributed by atoms with E-state index in [9.17, 15) is 24.6 Å². The van der Waals surface area contributed by atoms with E-state index >= 15 is 0 Å². The first-order chi connectivity index (χ1) is 35.0. The molecule has 0 spiro atoms. The predicted octanol–water partition coefficient (Wildman–Crippen LogP) is 16.9. The molecule has 8 rings (SSSR count). The summed E-state index contributed by atoms with van der Waals surface area (Å²) in [5, 5.41) is 21.4. The van der Waals surface area contributed by atoms with Crippen molar-refractivity contribution in [1.82, 2.24) is 0 Å². The number of carboxylic acid groups (broad SMARTS) is 1. The van der Waals surface area contributed by atoms with E-state index in [1.807, 2.05) is 188 Å². The highest BCUT2D eigenvalue weighted by molar-refractivity contribution is 6.31. The monoisotopic (exact) mass is 1030 g/mol. The Morgan fingerprint density at radius 2 is 0.736 bits per heavy atom. The second kappa shape index (κ2) is 30.2. The molecule has 0 unspecified atom stereocenters. The first kappa shape index (κ1) is 55.3. The molecule has 0 aliphatic carbocycles. The number of rotatable bonds is 14. The van der Waals surface area contributed by atoms with Crippen LogP contribution in [0.3, 0.4) is 0 Å². The molecule has 8 aromatic carbocycles. The minimum Gasteiger partial charge on any atom is -0.478 e. The van der Waals surface area contributed by atoms with Crippen molar-refractivity contribution in [2.24, 2.45) is 0 Å². The number of aliphatic hydroxyl groups excluding tert-OH is 1. The Labute approximate surface area is 441 Å². The van der Waals surface area contributed by atoms with Crippen molar-refractivity contribution < 1.29 is 24.6 Å². The van der Waals surface area contributed by atoms with Crippen LogP contribution >= 0.6 is 46.4 Å². The van der Waals surface area contributed by atoms with Crippen molar-refractivity contribution in [3.05, 3.63) is 296 Å². The lowest BCUT2D eigenvalue weighted by Crippen LogP contribution is -2.00. The number of halogens is 4. The Morgan fingerprint density at radius 1 is 0.417 bits per heavy atom. The summed E-state index contributed by atoms with van der Waals surface area (Å²) in [6, 6.07) is 67.5. The van der Waals surface area contributed by atoms with Crippen molar-refractivity contribution in [2.45, 2.75) is 6.42 Å². The molecule has 9 heteroatoms. The number of ketones is 1. The number of hydrogen-bond acceptors (Lipinski definition) is 4. The number of hydrogen-bond donors (Lipinski definition) is 2. The van der Waals surface area contributed by atoms with E-state index in [4.69, 9.17) is 46.4 Å². The fourth-order valence-corrected chi connectivity index (χ4v) is 7.21. The molecule has 5 nitrogen and oxygen atoms in total. The molecule has 0 saturated carbocycles. The van der Waals surface area contributed by atoms with Gasteiger partial charge in [0.25, 0.3) is 0 Å². The maximum absolute atomic E-state index is 12.2. The van der Waals surface area contributed by atoms with Crippen LogP contribution in [0.1, 0.15) is 50.9 Å². The van der Waals surface area contributed by atoms with Gasteiger partial charge in [0.1, 0.15) is 0 Å². The van der Waals surface area contributed by atoms with Crippen LogP contribution in [0.15, 0.2) is 231 Å². The fourth-order valence-electron chi connectivity index (χ4n) is 6.71. The molecule has 0 aliphatic heterocycles. The molecule has 360 valence electrons. The number of Topliss-reactive ketones (excluding diaryl/α,β-unsaturated/α-hetero) is 1. The van der Waals surface area contributed by atoms with Gasteiger partial charge in [0, 0.05) is 37.7 Å². The van der Waals surface area contributed by atoms with Gasteiger partial charge in [-0.15, -0.1) is 6.58 Å². The van der Waals surface area contributed by atoms with Gasteiger partial charge in [-0.1, -0.05) is 222 Å². The second-order valence-electron chi connectivity index (χ2n) is 15.6. The second-order valence-corrected chi connectivity index (χ2v) is 17.3. The molecule has 0 atom stereocenters. The first-order valence-corrected chi connectivity index (χ1v) is 24.0. The fraction of sp³-hybridized carbons (Fsp3) is 0.0317. The molecule has 0 heterocycles. The number of aliphatic carboxylic acids is 1. The number of carbonyl (C=O) groups is 3. The summed E-state index contributed by atoms with van der Waals surface area (Å²) < 4.78 is 0. The summed E-state index contributed by atoms with van der Waals surface area (Å²) in [5.41, 5.74) is 9.79. The maximum atomic E-state index is 12.2. The van der Waals surface area contributed by atoms with E-state index in [0.29, 0.717) is 43.2 Å². The third-order valence-electron chi connectivity index (χ3n) is 10.3. The highest BCUT2D eigenvalue weighted by Crippen LogP contribution is 2.24. The minimum absolute atomic E-state index is 0.0205. The molecule has 0 radical (unpaired) electrons. The molecule has 0 saturated heterocycles. The van der Waals surface area contributed by atoms with E-state index in [1.54, 1.807) is 60.7 Å². The predicted molar refractivity (Wildman–Crippen MR) is 304 cm³/mol. The molecule has 0 bridgehead atoms. The first-order valence-electron chi connectivity index (χ1n) is 22.5. The lowest BCUT2D eigenvalue weighted by atomic mass is 9.97. The standard InChI is InChI=1S/C18H15ClO.C15H11ClO2.C15H13ClO.C15H11ClO/c1-2-6-18(20)17(15-7-4-3-5-8-15)13-14-9-11-16(19)12-10-14;16-13-8-6-11(7-9-13)10-14(15(17)18)12-4-2-1-3-5-12;2*16-15-8-6-12(7-9-15)10-14(11-17)13-4-2-1-3-5-13/h2-5,7-13H,1,6H2;1-10H,(H,17,18);1-10,17H,11H2;1-11H/b17-13+;14-10+;2*14-10-. The van der Waals surface area contributed by atoms with Gasteiger partial charge in [0.05, 0.1) is 12.2 Å². The van der Waals surface area contributed by atoms with Gasteiger partial charge in [-0.05, 0) is 123 Å². The average molecular weight is 1030 g/mol. The van der Waals surface area contributed by atoms with Crippen LogP contribution in [0, 0.1) is 0 Å². The summed E-state index contributed by atoms with van der Waals surface area (Å²) in [4.78, 5) is 34.6. The summed E-state index contributed by atoms with van der Waals surface area (Å²) in [6.07, 6.45) is 10.1. The SMILES string of the molecule is C=CCC(=O)/C(=C/c1ccc(Cl)cc1)c1ccccc1.O=C(O)/C(=C/c1ccc(Cl)cc1)c1ccccc1.O=C/C(=C/c1ccc(Cl)cc1)c1ccccc1.OC/C(=C/c1ccc(Cl)cc1)c1ccccc1. The van der Waals surface area contributed by atoms with Gasteiger partial charge in [-0.3, -0.25) is 9.59 Å². The number of carbonyl (C=O) groups excluding carboxylic acids is 2. The van der Waals surface area contributed by atoms with Crippen molar-refractivity contribution in [2.75, 3.05) is 6.61 Å². The molecule has 0 fully saturated rings. The average Bonchev–Trinajstić information content (AvgIpc) is 3.41. The van der Waals surface area contributed by atoms with Crippen LogP contribution in [0.5, 0.6) is 0 Å². The Kier molecular flexibility index (Phi) is 23.2. The molecule has 0 aromatic heterocycles. The highest BCUT2D eigenvalue weighted by Gasteiger charge is 2.11. The van der Waals surface area contributed by atoms with E-state index in [-0.39, 0.29) is 18.0 Å². The van der Waals surface area contributed by atoms with Crippen molar-refractivity contribution in [1.29, 1.82) is 0 Å². The lowest BCUT2D eigenvalue weighted by Gasteiger charge is -2.06. The molecule has 8 aromatic rings. The molecule has 0 aliphatic rings. The van der Waals surface area contributed by atoms with E-state index in [0.717, 1.165) is 50.8 Å². The number of carboxylic acids is 1. The molecule has 72 heavy (non-hydrogen) atoms. The number of aliphatic hydroxyl groups is 1. The zero-order valence-electron chi connectivity index (χ0n) is 39.0. The number of aldehydes is 1.